The molecule has 0 saturated carbocycles. The quantitative estimate of drug-likeness (QED) is 0.210. The second kappa shape index (κ2) is 17.7. The molecule has 0 radical (unpaired) electrons. The third-order valence-electron chi connectivity index (χ3n) is 2.90. The van der Waals surface area contributed by atoms with Crippen LogP contribution in [0.25, 0.3) is 0 Å². The van der Waals surface area contributed by atoms with Crippen LogP contribution in [0.5, 0.6) is 0 Å². The number of allylic oxidation sites excluding steroid dienone is 10. The van der Waals surface area contributed by atoms with Gasteiger partial charge in [0.2, 0.25) is 5.24 Å². The van der Waals surface area contributed by atoms with Gasteiger partial charge >= 0.3 is 0 Å². The van der Waals surface area contributed by atoms with Crippen molar-refractivity contribution in [3.05, 3.63) is 60.8 Å². The lowest BCUT2D eigenvalue weighted by atomic mass is 10.2. The first-order valence-electron chi connectivity index (χ1n) is 8.20. The molecule has 2 heteroatoms. The summed E-state index contributed by atoms with van der Waals surface area (Å²) in [6.07, 6.45) is 29.1. The Kier molecular flexibility index (Phi) is 16.6. The van der Waals surface area contributed by atoms with Crippen LogP contribution in [0.15, 0.2) is 60.8 Å². The van der Waals surface area contributed by atoms with E-state index in [1.165, 1.54) is 0 Å². The maximum Gasteiger partial charge on any atom is 0.221 e. The molecular formula is C20H29ClO. The molecule has 122 valence electrons. The largest absolute Gasteiger partial charge is 0.281 e. The molecule has 0 aromatic heterocycles. The third kappa shape index (κ3) is 18.7. The highest BCUT2D eigenvalue weighted by Crippen LogP contribution is 2.01. The van der Waals surface area contributed by atoms with E-state index in [9.17, 15) is 4.79 Å². The van der Waals surface area contributed by atoms with Gasteiger partial charge in [0, 0.05) is 6.42 Å². The van der Waals surface area contributed by atoms with Crippen LogP contribution in [0.1, 0.15) is 58.3 Å². The molecule has 0 N–H and O–H groups in total. The Hall–Kier alpha value is -1.34. The zero-order chi connectivity index (χ0) is 16.3. The fourth-order valence-corrected chi connectivity index (χ4v) is 1.86. The normalized spacial score (nSPS) is 12.8. The minimum atomic E-state index is -0.243. The molecule has 22 heavy (non-hydrogen) atoms. The lowest BCUT2D eigenvalue weighted by molar-refractivity contribution is -0.111. The van der Waals surface area contributed by atoms with Gasteiger partial charge in [-0.15, -0.1) is 0 Å². The van der Waals surface area contributed by atoms with Crippen molar-refractivity contribution in [2.75, 3.05) is 0 Å². The van der Waals surface area contributed by atoms with E-state index in [1.54, 1.807) is 0 Å². The standard InChI is InChI=1S/C20H29ClO/c1-2-3-4-5-6-7-8-9-10-11-12-13-14-15-16-17-18-19-20(21)22/h3-4,6-7,9-10,12-13,15-16H,2,5,8,11,14,17-19H2,1H3/b4-3?,7-6?,10-9?,13-12?,16-15-. The van der Waals surface area contributed by atoms with Gasteiger partial charge in [-0.3, -0.25) is 4.79 Å². The van der Waals surface area contributed by atoms with Gasteiger partial charge < -0.3 is 0 Å². The van der Waals surface area contributed by atoms with Crippen molar-refractivity contribution in [1.29, 1.82) is 0 Å². The Bertz CT molecular complexity index is 400. The van der Waals surface area contributed by atoms with E-state index in [0.29, 0.717) is 6.42 Å². The molecule has 0 aliphatic carbocycles. The molecule has 0 spiro atoms. The van der Waals surface area contributed by atoms with E-state index in [0.717, 1.165) is 44.9 Å². The Morgan fingerprint density at radius 1 is 0.727 bits per heavy atom. The van der Waals surface area contributed by atoms with E-state index < -0.39 is 0 Å². The average Bonchev–Trinajstić information content (AvgIpc) is 2.50. The highest BCUT2D eigenvalue weighted by molar-refractivity contribution is 6.63. The lowest BCUT2D eigenvalue weighted by Gasteiger charge is -1.89. The summed E-state index contributed by atoms with van der Waals surface area (Å²) in [5, 5.41) is -0.243. The molecule has 0 aromatic carbocycles. The molecule has 0 atom stereocenters. The number of unbranched alkanes of at least 4 members (excludes halogenated alkanes) is 1. The Balaban J connectivity index is 3.46. The third-order valence-corrected chi connectivity index (χ3v) is 3.09. The number of carbonyl (C=O) groups excluding carboxylic acids is 1. The van der Waals surface area contributed by atoms with Gasteiger partial charge in [-0.1, -0.05) is 67.7 Å². The fraction of sp³-hybridized carbons (Fsp3) is 0.450. The van der Waals surface area contributed by atoms with E-state index in [2.05, 4.69) is 67.7 Å². The summed E-state index contributed by atoms with van der Waals surface area (Å²) in [6, 6.07) is 0. The van der Waals surface area contributed by atoms with E-state index in [-0.39, 0.29) is 5.24 Å². The molecule has 0 aromatic rings. The van der Waals surface area contributed by atoms with Crippen molar-refractivity contribution in [2.24, 2.45) is 0 Å². The zero-order valence-electron chi connectivity index (χ0n) is 13.7. The molecule has 0 heterocycles. The van der Waals surface area contributed by atoms with Gasteiger partial charge in [0.1, 0.15) is 0 Å². The first kappa shape index (κ1) is 20.7. The van der Waals surface area contributed by atoms with E-state index >= 15 is 0 Å². The monoisotopic (exact) mass is 320 g/mol. The SMILES string of the molecule is CCC=CCC=CCC=CCC=CC/C=C\CCCC(=O)Cl. The summed E-state index contributed by atoms with van der Waals surface area (Å²) in [5.74, 6) is 0. The van der Waals surface area contributed by atoms with Gasteiger partial charge in [-0.2, -0.15) is 0 Å². The highest BCUT2D eigenvalue weighted by Gasteiger charge is 1.92. The number of carbonyl (C=O) groups is 1. The molecule has 0 fully saturated rings. The summed E-state index contributed by atoms with van der Waals surface area (Å²) < 4.78 is 0. The van der Waals surface area contributed by atoms with Gasteiger partial charge in [-0.05, 0) is 56.5 Å². The lowest BCUT2D eigenvalue weighted by Crippen LogP contribution is -1.83. The van der Waals surface area contributed by atoms with Crippen molar-refractivity contribution in [2.45, 2.75) is 58.3 Å². The second-order valence-corrected chi connectivity index (χ2v) is 5.38. The summed E-state index contributed by atoms with van der Waals surface area (Å²) in [7, 11) is 0. The zero-order valence-corrected chi connectivity index (χ0v) is 14.5. The summed E-state index contributed by atoms with van der Waals surface area (Å²) in [6.45, 7) is 2.15. The molecule has 0 amide bonds. The van der Waals surface area contributed by atoms with Crippen molar-refractivity contribution in [3.8, 4) is 0 Å². The van der Waals surface area contributed by atoms with Gasteiger partial charge in [0.15, 0.2) is 0 Å². The van der Waals surface area contributed by atoms with Crippen LogP contribution in [0.2, 0.25) is 0 Å². The van der Waals surface area contributed by atoms with Crippen LogP contribution in [0.4, 0.5) is 0 Å². The first-order chi connectivity index (χ1) is 10.8. The minimum absolute atomic E-state index is 0.243. The topological polar surface area (TPSA) is 17.1 Å². The molecular weight excluding hydrogens is 292 g/mol. The Morgan fingerprint density at radius 2 is 1.14 bits per heavy atom. The molecule has 1 nitrogen and oxygen atoms in total. The van der Waals surface area contributed by atoms with Crippen LogP contribution >= 0.6 is 11.6 Å². The molecule has 0 aliphatic rings. The molecule has 0 unspecified atom stereocenters. The Labute approximate surface area is 141 Å². The Morgan fingerprint density at radius 3 is 1.55 bits per heavy atom. The maximum atomic E-state index is 10.5. The maximum absolute atomic E-state index is 10.5. The van der Waals surface area contributed by atoms with E-state index in [1.807, 2.05) is 0 Å². The van der Waals surface area contributed by atoms with Crippen LogP contribution in [-0.4, -0.2) is 5.24 Å². The number of rotatable bonds is 13. The van der Waals surface area contributed by atoms with Crippen LogP contribution in [-0.2, 0) is 4.79 Å². The fourth-order valence-electron chi connectivity index (χ4n) is 1.73. The number of hydrogen-bond acceptors (Lipinski definition) is 1. The second-order valence-electron chi connectivity index (χ2n) is 4.96. The predicted molar refractivity (Wildman–Crippen MR) is 99.2 cm³/mol. The molecule has 0 aliphatic heterocycles. The summed E-state index contributed by atoms with van der Waals surface area (Å²) in [4.78, 5) is 10.5. The number of hydrogen-bond donors (Lipinski definition) is 0. The van der Waals surface area contributed by atoms with Crippen molar-refractivity contribution in [1.82, 2.24) is 0 Å². The summed E-state index contributed by atoms with van der Waals surface area (Å²) >= 11 is 5.26. The molecule has 0 bridgehead atoms. The number of halogens is 1. The van der Waals surface area contributed by atoms with Crippen molar-refractivity contribution in [3.63, 3.8) is 0 Å². The molecule has 0 rings (SSSR count). The van der Waals surface area contributed by atoms with Gasteiger partial charge in [-0.25, -0.2) is 0 Å². The van der Waals surface area contributed by atoms with Gasteiger partial charge in [0.05, 0.1) is 0 Å². The van der Waals surface area contributed by atoms with Gasteiger partial charge in [0.25, 0.3) is 0 Å². The average molecular weight is 321 g/mol. The van der Waals surface area contributed by atoms with Crippen LogP contribution < -0.4 is 0 Å². The predicted octanol–water partition coefficient (Wildman–Crippen LogP) is 6.67. The van der Waals surface area contributed by atoms with E-state index in [4.69, 9.17) is 11.6 Å². The van der Waals surface area contributed by atoms with Crippen LogP contribution in [0.3, 0.4) is 0 Å². The highest BCUT2D eigenvalue weighted by atomic mass is 35.5. The smallest absolute Gasteiger partial charge is 0.221 e. The first-order valence-corrected chi connectivity index (χ1v) is 8.58. The van der Waals surface area contributed by atoms with Crippen LogP contribution in [0, 0.1) is 0 Å². The summed E-state index contributed by atoms with van der Waals surface area (Å²) in [5.41, 5.74) is 0. The minimum Gasteiger partial charge on any atom is -0.281 e. The molecule has 0 saturated heterocycles. The van der Waals surface area contributed by atoms with Crippen molar-refractivity contribution < 1.29 is 4.79 Å². The van der Waals surface area contributed by atoms with Crippen molar-refractivity contribution >= 4 is 16.8 Å².